The number of aliphatic hydroxyl groups is 1. The van der Waals surface area contributed by atoms with Crippen LogP contribution in [0.25, 0.3) is 0 Å². The minimum Gasteiger partial charge on any atom is -0.392 e. The van der Waals surface area contributed by atoms with Gasteiger partial charge in [-0.05, 0) is 19.3 Å². The summed E-state index contributed by atoms with van der Waals surface area (Å²) in [5.41, 5.74) is 0. The normalized spacial score (nSPS) is 38.2. The molecule has 0 saturated heterocycles. The standard InChI is InChI=1S/C6H12NO/c1-7-5-3-2-4-6(5)8/h5-8H,1-4H2/t5-,6-/m1/s1. The van der Waals surface area contributed by atoms with E-state index < -0.39 is 0 Å². The third kappa shape index (κ3) is 1.01. The quantitative estimate of drug-likeness (QED) is 0.513. The van der Waals surface area contributed by atoms with Crippen LogP contribution in [0.15, 0.2) is 0 Å². The summed E-state index contributed by atoms with van der Waals surface area (Å²) in [6, 6.07) is 0.259. The average Bonchev–Trinajstić information content (AvgIpc) is 2.14. The van der Waals surface area contributed by atoms with Gasteiger partial charge in [-0.1, -0.05) is 0 Å². The van der Waals surface area contributed by atoms with Crippen molar-refractivity contribution in [1.29, 1.82) is 0 Å². The van der Waals surface area contributed by atoms with Gasteiger partial charge in [0.15, 0.2) is 0 Å². The van der Waals surface area contributed by atoms with Crippen LogP contribution in [0.3, 0.4) is 0 Å². The third-order valence-electron chi connectivity index (χ3n) is 1.74. The number of nitrogens with one attached hydrogen (secondary N) is 1. The molecule has 0 aromatic rings. The predicted octanol–water partition coefficient (Wildman–Crippen LogP) is 0.281. The molecule has 0 bridgehead atoms. The zero-order valence-electron chi connectivity index (χ0n) is 4.93. The molecule has 0 unspecified atom stereocenters. The fourth-order valence-corrected chi connectivity index (χ4v) is 1.18. The smallest absolute Gasteiger partial charge is 0.0693 e. The zero-order chi connectivity index (χ0) is 5.98. The van der Waals surface area contributed by atoms with Crippen molar-refractivity contribution in [2.75, 3.05) is 0 Å². The highest BCUT2D eigenvalue weighted by Gasteiger charge is 2.22. The molecule has 47 valence electrons. The van der Waals surface area contributed by atoms with Gasteiger partial charge in [-0.3, -0.25) is 0 Å². The van der Waals surface area contributed by atoms with E-state index in [1.54, 1.807) is 0 Å². The van der Waals surface area contributed by atoms with Gasteiger partial charge in [-0.25, -0.2) is 0 Å². The molecule has 2 atom stereocenters. The second-order valence-electron chi connectivity index (χ2n) is 2.31. The summed E-state index contributed by atoms with van der Waals surface area (Å²) in [5, 5.41) is 11.9. The molecule has 0 aliphatic heterocycles. The Kier molecular flexibility index (Phi) is 1.86. The van der Waals surface area contributed by atoms with Gasteiger partial charge in [0.1, 0.15) is 0 Å². The van der Waals surface area contributed by atoms with Crippen LogP contribution in [0.1, 0.15) is 19.3 Å². The first-order chi connectivity index (χ1) is 3.84. The van der Waals surface area contributed by atoms with Crippen LogP contribution in [0.5, 0.6) is 0 Å². The second kappa shape index (κ2) is 2.46. The van der Waals surface area contributed by atoms with E-state index in [-0.39, 0.29) is 12.1 Å². The van der Waals surface area contributed by atoms with E-state index in [9.17, 15) is 0 Å². The maximum atomic E-state index is 9.09. The topological polar surface area (TPSA) is 32.3 Å². The first kappa shape index (κ1) is 6.05. The van der Waals surface area contributed by atoms with Crippen LogP contribution >= 0.6 is 0 Å². The highest BCUT2D eigenvalue weighted by Crippen LogP contribution is 2.17. The Balaban J connectivity index is 2.30. The van der Waals surface area contributed by atoms with E-state index in [1.165, 1.54) is 0 Å². The van der Waals surface area contributed by atoms with E-state index in [2.05, 4.69) is 12.4 Å². The van der Waals surface area contributed by atoms with Crippen molar-refractivity contribution in [2.24, 2.45) is 0 Å². The minimum atomic E-state index is -0.146. The van der Waals surface area contributed by atoms with Gasteiger partial charge >= 0.3 is 0 Å². The summed E-state index contributed by atoms with van der Waals surface area (Å²) in [6.45, 7) is 0. The maximum Gasteiger partial charge on any atom is 0.0693 e. The summed E-state index contributed by atoms with van der Waals surface area (Å²) in [4.78, 5) is 0. The van der Waals surface area contributed by atoms with E-state index in [4.69, 9.17) is 5.11 Å². The summed E-state index contributed by atoms with van der Waals surface area (Å²) < 4.78 is 0. The van der Waals surface area contributed by atoms with Gasteiger partial charge in [0.05, 0.1) is 6.10 Å². The number of rotatable bonds is 1. The molecular formula is C6H12NO. The Morgan fingerprint density at radius 3 is 2.50 bits per heavy atom. The molecule has 1 rings (SSSR count). The molecule has 1 saturated carbocycles. The number of hydrogen-bond acceptors (Lipinski definition) is 2. The van der Waals surface area contributed by atoms with Crippen molar-refractivity contribution < 1.29 is 5.11 Å². The molecule has 0 aromatic carbocycles. The molecule has 0 heterocycles. The van der Waals surface area contributed by atoms with E-state index in [0.29, 0.717) is 0 Å². The fraction of sp³-hybridized carbons (Fsp3) is 0.833. The third-order valence-corrected chi connectivity index (χ3v) is 1.74. The van der Waals surface area contributed by atoms with Gasteiger partial charge in [0, 0.05) is 13.1 Å². The summed E-state index contributed by atoms with van der Waals surface area (Å²) in [5.74, 6) is 0. The van der Waals surface area contributed by atoms with Gasteiger partial charge in [0.2, 0.25) is 0 Å². The van der Waals surface area contributed by atoms with Crippen LogP contribution in [0.2, 0.25) is 0 Å². The molecule has 1 aliphatic carbocycles. The van der Waals surface area contributed by atoms with Gasteiger partial charge < -0.3 is 10.4 Å². The Bertz CT molecular complexity index is 74.9. The summed E-state index contributed by atoms with van der Waals surface area (Å²) >= 11 is 0. The first-order valence-corrected chi connectivity index (χ1v) is 3.05. The van der Waals surface area contributed by atoms with Crippen molar-refractivity contribution in [3.8, 4) is 0 Å². The van der Waals surface area contributed by atoms with Gasteiger partial charge in [-0.15, -0.1) is 0 Å². The van der Waals surface area contributed by atoms with E-state index >= 15 is 0 Å². The lowest BCUT2D eigenvalue weighted by Crippen LogP contribution is -2.30. The molecule has 1 fully saturated rings. The molecule has 2 nitrogen and oxygen atoms in total. The first-order valence-electron chi connectivity index (χ1n) is 3.05. The van der Waals surface area contributed by atoms with Crippen molar-refractivity contribution in [1.82, 2.24) is 5.32 Å². The maximum absolute atomic E-state index is 9.09. The molecule has 0 aromatic heterocycles. The summed E-state index contributed by atoms with van der Waals surface area (Å²) in [7, 11) is 3.51. The van der Waals surface area contributed by atoms with Crippen molar-refractivity contribution >= 4 is 0 Å². The van der Waals surface area contributed by atoms with E-state index in [1.807, 2.05) is 0 Å². The molecule has 1 aliphatic rings. The largest absolute Gasteiger partial charge is 0.392 e. The van der Waals surface area contributed by atoms with Gasteiger partial charge in [0.25, 0.3) is 0 Å². The Morgan fingerprint density at radius 1 is 1.50 bits per heavy atom. The van der Waals surface area contributed by atoms with Crippen LogP contribution in [0.4, 0.5) is 0 Å². The lowest BCUT2D eigenvalue weighted by atomic mass is 10.2. The highest BCUT2D eigenvalue weighted by atomic mass is 16.3. The monoisotopic (exact) mass is 114 g/mol. The van der Waals surface area contributed by atoms with Gasteiger partial charge in [-0.2, -0.15) is 0 Å². The summed E-state index contributed by atoms with van der Waals surface area (Å²) in [6.07, 6.45) is 3.00. The Hall–Kier alpha value is -0.0800. The van der Waals surface area contributed by atoms with Crippen molar-refractivity contribution in [3.63, 3.8) is 0 Å². The van der Waals surface area contributed by atoms with Crippen LogP contribution in [-0.2, 0) is 0 Å². The van der Waals surface area contributed by atoms with Crippen molar-refractivity contribution in [2.45, 2.75) is 31.4 Å². The molecule has 0 amide bonds. The molecule has 8 heavy (non-hydrogen) atoms. The van der Waals surface area contributed by atoms with Crippen LogP contribution in [-0.4, -0.2) is 17.3 Å². The Labute approximate surface area is 49.9 Å². The number of hydrogen-bond donors (Lipinski definition) is 2. The second-order valence-corrected chi connectivity index (χ2v) is 2.31. The SMILES string of the molecule is [CH2]N[C@@H]1CCC[C@H]1O. The molecule has 2 N–H and O–H groups in total. The number of aliphatic hydroxyl groups excluding tert-OH is 1. The minimum absolute atomic E-state index is 0.146. The predicted molar refractivity (Wildman–Crippen MR) is 32.1 cm³/mol. The lowest BCUT2D eigenvalue weighted by molar-refractivity contribution is 0.155. The molecule has 0 spiro atoms. The molecule has 2 heteroatoms. The zero-order valence-corrected chi connectivity index (χ0v) is 4.93. The highest BCUT2D eigenvalue weighted by molar-refractivity contribution is 4.81. The Morgan fingerprint density at radius 2 is 2.25 bits per heavy atom. The average molecular weight is 114 g/mol. The lowest BCUT2D eigenvalue weighted by Gasteiger charge is -2.11. The molecular weight excluding hydrogens is 102 g/mol. The van der Waals surface area contributed by atoms with Crippen LogP contribution < -0.4 is 5.32 Å². The van der Waals surface area contributed by atoms with Crippen molar-refractivity contribution in [3.05, 3.63) is 7.05 Å². The van der Waals surface area contributed by atoms with Crippen LogP contribution in [0, 0.1) is 7.05 Å². The molecule has 1 radical (unpaired) electrons. The van der Waals surface area contributed by atoms with E-state index in [0.717, 1.165) is 19.3 Å². The fourth-order valence-electron chi connectivity index (χ4n) is 1.18.